The van der Waals surface area contributed by atoms with Gasteiger partial charge in [-0.15, -0.1) is 0 Å². The van der Waals surface area contributed by atoms with Gasteiger partial charge in [0.25, 0.3) is 5.91 Å². The number of fused-ring (bicyclic) bond motifs is 3. The van der Waals surface area contributed by atoms with Gasteiger partial charge in [0.1, 0.15) is 6.61 Å². The number of benzene rings is 2. The SMILES string of the molecule is O=C(N[C@@H]1C[C@H]2CC[C@@H]1N2)c1ccc2cccc(C#CCO)c2c1. The highest BCUT2D eigenvalue weighted by Crippen LogP contribution is 2.28. The second-order valence-corrected chi connectivity index (χ2v) is 6.56. The van der Waals surface area contributed by atoms with E-state index in [1.54, 1.807) is 0 Å². The van der Waals surface area contributed by atoms with Gasteiger partial charge in [-0.05, 0) is 48.2 Å². The number of carbonyl (C=O) groups excluding carboxylic acids is 1. The zero-order valence-electron chi connectivity index (χ0n) is 13.4. The third-order valence-electron chi connectivity index (χ3n) is 5.06. The number of hydrogen-bond acceptors (Lipinski definition) is 3. The Labute approximate surface area is 141 Å². The number of aliphatic hydroxyl groups excluding tert-OH is 1. The third kappa shape index (κ3) is 2.77. The normalized spacial score (nSPS) is 24.6. The molecule has 2 saturated heterocycles. The van der Waals surface area contributed by atoms with Crippen LogP contribution < -0.4 is 10.6 Å². The first-order valence-electron chi connectivity index (χ1n) is 8.44. The molecule has 1 amide bonds. The molecule has 2 aliphatic heterocycles. The molecule has 2 fully saturated rings. The number of rotatable bonds is 2. The van der Waals surface area contributed by atoms with Crippen molar-refractivity contribution in [2.75, 3.05) is 6.61 Å². The Morgan fingerprint density at radius 2 is 2.21 bits per heavy atom. The van der Waals surface area contributed by atoms with Gasteiger partial charge in [0, 0.05) is 29.3 Å². The average molecular weight is 320 g/mol. The van der Waals surface area contributed by atoms with E-state index in [4.69, 9.17) is 5.11 Å². The van der Waals surface area contributed by atoms with Gasteiger partial charge in [-0.25, -0.2) is 0 Å². The number of nitrogens with one attached hydrogen (secondary N) is 2. The van der Waals surface area contributed by atoms with E-state index < -0.39 is 0 Å². The summed E-state index contributed by atoms with van der Waals surface area (Å²) >= 11 is 0. The van der Waals surface area contributed by atoms with Crippen LogP contribution in [0, 0.1) is 11.8 Å². The summed E-state index contributed by atoms with van der Waals surface area (Å²) in [6.07, 6.45) is 3.39. The standard InChI is InChI=1S/C20H20N2O2/c23-10-2-5-13-3-1-4-14-6-7-15(11-17(13)14)20(24)22-19-12-16-8-9-18(19)21-16/h1,3-4,6-7,11,16,18-19,21,23H,8-10,12H2,(H,22,24)/t16-,18+,19-/m1/s1. The fourth-order valence-corrected chi connectivity index (χ4v) is 3.89. The van der Waals surface area contributed by atoms with E-state index in [0.29, 0.717) is 17.6 Å². The summed E-state index contributed by atoms with van der Waals surface area (Å²) in [6, 6.07) is 12.8. The molecule has 4 nitrogen and oxygen atoms in total. The quantitative estimate of drug-likeness (QED) is 0.740. The van der Waals surface area contributed by atoms with E-state index in [-0.39, 0.29) is 18.6 Å². The second-order valence-electron chi connectivity index (χ2n) is 6.56. The molecule has 3 N–H and O–H groups in total. The summed E-state index contributed by atoms with van der Waals surface area (Å²) in [5, 5.41) is 17.6. The summed E-state index contributed by atoms with van der Waals surface area (Å²) < 4.78 is 0. The third-order valence-corrected chi connectivity index (χ3v) is 5.06. The Balaban J connectivity index is 1.60. The lowest BCUT2D eigenvalue weighted by molar-refractivity contribution is 0.0931. The van der Waals surface area contributed by atoms with E-state index in [1.165, 1.54) is 6.42 Å². The van der Waals surface area contributed by atoms with E-state index in [9.17, 15) is 4.79 Å². The molecule has 0 saturated carbocycles. The van der Waals surface area contributed by atoms with Crippen molar-refractivity contribution >= 4 is 16.7 Å². The summed E-state index contributed by atoms with van der Waals surface area (Å²) in [6.45, 7) is -0.173. The summed E-state index contributed by atoms with van der Waals surface area (Å²) in [5.41, 5.74) is 1.49. The van der Waals surface area contributed by atoms with Crippen molar-refractivity contribution in [3.8, 4) is 11.8 Å². The highest BCUT2D eigenvalue weighted by molar-refractivity contribution is 6.00. The molecular formula is C20H20N2O2. The highest BCUT2D eigenvalue weighted by atomic mass is 16.2. The van der Waals surface area contributed by atoms with Crippen LogP contribution in [-0.2, 0) is 0 Å². The average Bonchev–Trinajstić information content (AvgIpc) is 3.22. The number of carbonyl (C=O) groups is 1. The fraction of sp³-hybridized carbons (Fsp3) is 0.350. The molecule has 0 radical (unpaired) electrons. The molecule has 0 aliphatic carbocycles. The second kappa shape index (κ2) is 6.27. The van der Waals surface area contributed by atoms with Crippen LogP contribution in [-0.4, -0.2) is 35.7 Å². The van der Waals surface area contributed by atoms with Crippen molar-refractivity contribution in [2.24, 2.45) is 0 Å². The van der Waals surface area contributed by atoms with Crippen LogP contribution in [0.1, 0.15) is 35.2 Å². The molecule has 2 aromatic rings. The van der Waals surface area contributed by atoms with Gasteiger partial charge in [-0.3, -0.25) is 4.79 Å². The van der Waals surface area contributed by atoms with Gasteiger partial charge in [0.2, 0.25) is 0 Å². The minimum Gasteiger partial charge on any atom is -0.384 e. The monoisotopic (exact) mass is 320 g/mol. The molecule has 2 bridgehead atoms. The number of aliphatic hydroxyl groups is 1. The Hall–Kier alpha value is -2.35. The van der Waals surface area contributed by atoms with Crippen LogP contribution in [0.25, 0.3) is 10.8 Å². The largest absolute Gasteiger partial charge is 0.384 e. The lowest BCUT2D eigenvalue weighted by Crippen LogP contribution is -2.42. The van der Waals surface area contributed by atoms with Crippen molar-refractivity contribution in [1.82, 2.24) is 10.6 Å². The van der Waals surface area contributed by atoms with E-state index in [2.05, 4.69) is 22.5 Å². The minimum atomic E-state index is -0.173. The van der Waals surface area contributed by atoms with Gasteiger partial charge in [-0.2, -0.15) is 0 Å². The molecule has 3 atom stereocenters. The topological polar surface area (TPSA) is 61.4 Å². The summed E-state index contributed by atoms with van der Waals surface area (Å²) in [5.74, 6) is 5.61. The Morgan fingerprint density at radius 3 is 2.96 bits per heavy atom. The first-order chi connectivity index (χ1) is 11.7. The molecule has 2 aromatic carbocycles. The van der Waals surface area contributed by atoms with E-state index in [0.717, 1.165) is 29.2 Å². The van der Waals surface area contributed by atoms with Crippen LogP contribution in [0.2, 0.25) is 0 Å². The van der Waals surface area contributed by atoms with Gasteiger partial charge >= 0.3 is 0 Å². The van der Waals surface area contributed by atoms with Crippen LogP contribution in [0.3, 0.4) is 0 Å². The first-order valence-corrected chi connectivity index (χ1v) is 8.44. The maximum absolute atomic E-state index is 12.6. The molecule has 122 valence electrons. The van der Waals surface area contributed by atoms with E-state index in [1.807, 2.05) is 36.4 Å². The molecule has 0 aromatic heterocycles. The lowest BCUT2D eigenvalue weighted by atomic mass is 9.95. The molecular weight excluding hydrogens is 300 g/mol. The Kier molecular flexibility index (Phi) is 3.97. The summed E-state index contributed by atoms with van der Waals surface area (Å²) in [4.78, 5) is 12.6. The maximum atomic E-state index is 12.6. The molecule has 2 heterocycles. The van der Waals surface area contributed by atoms with Gasteiger partial charge in [-0.1, -0.05) is 30.0 Å². The highest BCUT2D eigenvalue weighted by Gasteiger charge is 2.39. The predicted molar refractivity (Wildman–Crippen MR) is 93.7 cm³/mol. The minimum absolute atomic E-state index is 0.0267. The first kappa shape index (κ1) is 15.2. The van der Waals surface area contributed by atoms with E-state index >= 15 is 0 Å². The predicted octanol–water partition coefficient (Wildman–Crippen LogP) is 1.81. The Morgan fingerprint density at radius 1 is 1.29 bits per heavy atom. The lowest BCUT2D eigenvalue weighted by Gasteiger charge is -2.21. The van der Waals surface area contributed by atoms with Gasteiger partial charge in [0.15, 0.2) is 0 Å². The van der Waals surface area contributed by atoms with Crippen LogP contribution in [0.5, 0.6) is 0 Å². The Bertz CT molecular complexity index is 850. The molecule has 0 unspecified atom stereocenters. The van der Waals surface area contributed by atoms with Crippen LogP contribution in [0.4, 0.5) is 0 Å². The molecule has 4 rings (SSSR count). The smallest absolute Gasteiger partial charge is 0.251 e. The van der Waals surface area contributed by atoms with Crippen molar-refractivity contribution in [1.29, 1.82) is 0 Å². The van der Waals surface area contributed by atoms with Crippen LogP contribution >= 0.6 is 0 Å². The number of hydrogen-bond donors (Lipinski definition) is 3. The molecule has 0 spiro atoms. The molecule has 4 heteroatoms. The van der Waals surface area contributed by atoms with Gasteiger partial charge in [0.05, 0.1) is 0 Å². The van der Waals surface area contributed by atoms with Crippen LogP contribution in [0.15, 0.2) is 36.4 Å². The fourth-order valence-electron chi connectivity index (χ4n) is 3.89. The zero-order valence-corrected chi connectivity index (χ0v) is 13.4. The summed E-state index contributed by atoms with van der Waals surface area (Å²) in [7, 11) is 0. The van der Waals surface area contributed by atoms with Crippen molar-refractivity contribution in [3.63, 3.8) is 0 Å². The molecule has 24 heavy (non-hydrogen) atoms. The zero-order chi connectivity index (χ0) is 16.5. The van der Waals surface area contributed by atoms with Crippen molar-refractivity contribution in [3.05, 3.63) is 47.5 Å². The van der Waals surface area contributed by atoms with Crippen molar-refractivity contribution < 1.29 is 9.90 Å². The van der Waals surface area contributed by atoms with Gasteiger partial charge < -0.3 is 15.7 Å². The molecule has 2 aliphatic rings. The number of amides is 1. The van der Waals surface area contributed by atoms with Crippen molar-refractivity contribution in [2.45, 2.75) is 37.4 Å². The maximum Gasteiger partial charge on any atom is 0.251 e.